The van der Waals surface area contributed by atoms with E-state index in [2.05, 4.69) is 25.6 Å². The summed E-state index contributed by atoms with van der Waals surface area (Å²) in [6.45, 7) is 0.251. The number of nitrogens with one attached hydrogen (secondary N) is 1. The van der Waals surface area contributed by atoms with Gasteiger partial charge in [-0.15, -0.1) is 24.5 Å². The van der Waals surface area contributed by atoms with Gasteiger partial charge in [0.2, 0.25) is 5.91 Å². The number of hydrogen-bond acceptors (Lipinski definition) is 4. The molecule has 1 amide bonds. The number of aryl methyl sites for hydroxylation is 1. The van der Waals surface area contributed by atoms with Crippen molar-refractivity contribution >= 4 is 22.2 Å². The Labute approximate surface area is 163 Å². The average Bonchev–Trinajstić information content (AvgIpc) is 3.29. The Bertz CT molecular complexity index is 975. The van der Waals surface area contributed by atoms with Gasteiger partial charge >= 0.3 is 6.36 Å². The number of hydrogen-bond donors (Lipinski definition) is 1. The minimum Gasteiger partial charge on any atom is -0.406 e. The predicted molar refractivity (Wildman–Crippen MR) is 98.3 cm³/mol. The quantitative estimate of drug-likeness (QED) is 0.629. The highest BCUT2D eigenvalue weighted by Crippen LogP contribution is 2.40. The minimum atomic E-state index is -4.71. The van der Waals surface area contributed by atoms with Gasteiger partial charge in [-0.25, -0.2) is 4.98 Å². The van der Waals surface area contributed by atoms with Gasteiger partial charge in [-0.2, -0.15) is 0 Å². The van der Waals surface area contributed by atoms with Crippen LogP contribution in [0.2, 0.25) is 0 Å². The second-order valence-corrected chi connectivity index (χ2v) is 7.62. The van der Waals surface area contributed by atoms with E-state index in [0.29, 0.717) is 24.3 Å². The first kappa shape index (κ1) is 18.8. The van der Waals surface area contributed by atoms with E-state index >= 15 is 0 Å². The molecule has 3 aromatic rings. The van der Waals surface area contributed by atoms with E-state index in [4.69, 9.17) is 0 Å². The smallest absolute Gasteiger partial charge is 0.406 e. The molecule has 5 nitrogen and oxygen atoms in total. The third kappa shape index (κ3) is 4.64. The number of imidazole rings is 1. The lowest BCUT2D eigenvalue weighted by Gasteiger charge is -2.09. The molecule has 0 spiro atoms. The fourth-order valence-electron chi connectivity index (χ4n) is 2.94. The van der Waals surface area contributed by atoms with E-state index in [1.54, 1.807) is 11.3 Å². The summed E-state index contributed by atoms with van der Waals surface area (Å²) >= 11 is 1.58. The predicted octanol–water partition coefficient (Wildman–Crippen LogP) is 4.42. The number of rotatable bonds is 7. The van der Waals surface area contributed by atoms with Crippen LogP contribution in [0, 0.1) is 0 Å². The summed E-state index contributed by atoms with van der Waals surface area (Å²) in [6, 6.07) is 5.45. The van der Waals surface area contributed by atoms with Crippen molar-refractivity contribution in [3.8, 4) is 5.75 Å². The van der Waals surface area contributed by atoms with Gasteiger partial charge in [0.05, 0.1) is 5.69 Å². The van der Waals surface area contributed by atoms with Gasteiger partial charge in [0, 0.05) is 36.2 Å². The molecular weight excluding hydrogens is 391 g/mol. The number of alkyl halides is 3. The van der Waals surface area contributed by atoms with Crippen molar-refractivity contribution in [2.24, 2.45) is 0 Å². The van der Waals surface area contributed by atoms with E-state index < -0.39 is 6.36 Å². The van der Waals surface area contributed by atoms with Gasteiger partial charge in [-0.3, -0.25) is 9.20 Å². The maximum atomic E-state index is 12.2. The largest absolute Gasteiger partial charge is 0.573 e. The molecule has 1 N–H and O–H groups in total. The number of thiazole rings is 1. The van der Waals surface area contributed by atoms with Gasteiger partial charge in [0.25, 0.3) is 0 Å². The fraction of sp³-hybridized carbons (Fsp3) is 0.368. The second-order valence-electron chi connectivity index (χ2n) is 6.79. The Morgan fingerprint density at radius 3 is 2.71 bits per heavy atom. The number of aromatic nitrogens is 2. The lowest BCUT2D eigenvalue weighted by Crippen LogP contribution is -2.23. The molecule has 148 valence electrons. The van der Waals surface area contributed by atoms with Crippen molar-refractivity contribution in [1.82, 2.24) is 14.7 Å². The summed E-state index contributed by atoms with van der Waals surface area (Å²) in [5.74, 6) is 0.198. The minimum absolute atomic E-state index is 0.113. The van der Waals surface area contributed by atoms with Crippen LogP contribution >= 0.6 is 11.3 Å². The molecule has 1 saturated carbocycles. The van der Waals surface area contributed by atoms with Gasteiger partial charge in [0.1, 0.15) is 5.75 Å². The standard InChI is InChI=1S/C19H18F3N3O2S/c20-19(21,22)27-15-6-1-12(2-7-15)9-23-17(26)8-5-14-11-28-18-24-16(10-25(14)18)13-3-4-13/h1-2,6-7,10-11,13H,3-5,8-9H2,(H,23,26). The molecule has 1 aromatic carbocycles. The summed E-state index contributed by atoms with van der Waals surface area (Å²) in [5.41, 5.74) is 2.89. The summed E-state index contributed by atoms with van der Waals surface area (Å²) < 4.78 is 42.3. The summed E-state index contributed by atoms with van der Waals surface area (Å²) in [6.07, 6.45) is 0.694. The molecule has 2 aromatic heterocycles. The maximum Gasteiger partial charge on any atom is 0.573 e. The van der Waals surface area contributed by atoms with Gasteiger partial charge in [-0.1, -0.05) is 12.1 Å². The molecule has 0 unspecified atom stereocenters. The molecule has 0 atom stereocenters. The molecular formula is C19H18F3N3O2S. The van der Waals surface area contributed by atoms with Gasteiger partial charge in [0.15, 0.2) is 4.96 Å². The summed E-state index contributed by atoms with van der Waals surface area (Å²) in [7, 11) is 0. The topological polar surface area (TPSA) is 55.6 Å². The zero-order valence-electron chi connectivity index (χ0n) is 14.8. The van der Waals surface area contributed by atoms with Crippen LogP contribution in [0.5, 0.6) is 5.75 Å². The van der Waals surface area contributed by atoms with Crippen molar-refractivity contribution in [2.75, 3.05) is 0 Å². The zero-order chi connectivity index (χ0) is 19.7. The number of ether oxygens (including phenoxy) is 1. The first-order valence-corrected chi connectivity index (χ1v) is 9.82. The molecule has 1 aliphatic rings. The number of halogens is 3. The van der Waals surface area contributed by atoms with Crippen molar-refractivity contribution < 1.29 is 22.7 Å². The molecule has 28 heavy (non-hydrogen) atoms. The highest BCUT2D eigenvalue weighted by molar-refractivity contribution is 7.15. The molecule has 4 rings (SSSR count). The SMILES string of the molecule is O=C(CCc1csc2nc(C3CC3)cn12)NCc1ccc(OC(F)(F)F)cc1. The second kappa shape index (κ2) is 7.46. The average molecular weight is 409 g/mol. The highest BCUT2D eigenvalue weighted by Gasteiger charge is 2.31. The Morgan fingerprint density at radius 1 is 1.29 bits per heavy atom. The summed E-state index contributed by atoms with van der Waals surface area (Å²) in [4.78, 5) is 17.7. The highest BCUT2D eigenvalue weighted by atomic mass is 32.1. The van der Waals surface area contributed by atoms with Crippen molar-refractivity contribution in [3.63, 3.8) is 0 Å². The van der Waals surface area contributed by atoms with E-state index in [0.717, 1.165) is 16.3 Å². The Morgan fingerprint density at radius 2 is 2.04 bits per heavy atom. The first-order valence-electron chi connectivity index (χ1n) is 8.94. The Kier molecular flexibility index (Phi) is 5.01. The van der Waals surface area contributed by atoms with Crippen LogP contribution in [-0.4, -0.2) is 21.7 Å². The van der Waals surface area contributed by atoms with E-state index in [-0.39, 0.29) is 18.2 Å². The number of benzene rings is 1. The van der Waals surface area contributed by atoms with Crippen LogP contribution in [0.4, 0.5) is 13.2 Å². The fourth-order valence-corrected chi connectivity index (χ4v) is 3.86. The molecule has 0 aliphatic heterocycles. The van der Waals surface area contributed by atoms with Crippen LogP contribution in [0.1, 0.15) is 42.1 Å². The first-order chi connectivity index (χ1) is 13.4. The van der Waals surface area contributed by atoms with Crippen LogP contribution in [-0.2, 0) is 17.8 Å². The molecule has 2 heterocycles. The van der Waals surface area contributed by atoms with Crippen molar-refractivity contribution in [1.29, 1.82) is 0 Å². The maximum absolute atomic E-state index is 12.2. The van der Waals surface area contributed by atoms with Crippen LogP contribution in [0.25, 0.3) is 4.96 Å². The number of carbonyl (C=O) groups is 1. The number of carbonyl (C=O) groups excluding carboxylic acids is 1. The molecule has 0 bridgehead atoms. The van der Waals surface area contributed by atoms with Crippen LogP contribution in [0.15, 0.2) is 35.8 Å². The molecule has 1 aliphatic carbocycles. The zero-order valence-corrected chi connectivity index (χ0v) is 15.6. The van der Waals surface area contributed by atoms with Crippen LogP contribution in [0.3, 0.4) is 0 Å². The Hall–Kier alpha value is -2.55. The normalized spacial score (nSPS) is 14.4. The molecule has 0 radical (unpaired) electrons. The molecule has 1 fully saturated rings. The Balaban J connectivity index is 1.27. The van der Waals surface area contributed by atoms with E-state index in [1.807, 2.05) is 5.38 Å². The van der Waals surface area contributed by atoms with E-state index in [1.165, 1.54) is 37.1 Å². The van der Waals surface area contributed by atoms with E-state index in [9.17, 15) is 18.0 Å². The van der Waals surface area contributed by atoms with Crippen LogP contribution < -0.4 is 10.1 Å². The third-order valence-corrected chi connectivity index (χ3v) is 5.44. The van der Waals surface area contributed by atoms with Crippen molar-refractivity contribution in [3.05, 3.63) is 52.8 Å². The number of nitrogens with zero attached hydrogens (tertiary/aromatic N) is 2. The van der Waals surface area contributed by atoms with Crippen molar-refractivity contribution in [2.45, 2.75) is 44.5 Å². The third-order valence-electron chi connectivity index (χ3n) is 4.55. The lowest BCUT2D eigenvalue weighted by molar-refractivity contribution is -0.274. The number of amides is 1. The number of fused-ring (bicyclic) bond motifs is 1. The summed E-state index contributed by atoms with van der Waals surface area (Å²) in [5, 5.41) is 4.81. The lowest BCUT2D eigenvalue weighted by atomic mass is 10.2. The monoisotopic (exact) mass is 409 g/mol. The van der Waals surface area contributed by atoms with Gasteiger partial charge < -0.3 is 10.1 Å². The van der Waals surface area contributed by atoms with Gasteiger partial charge in [-0.05, 0) is 37.0 Å². The molecule has 0 saturated heterocycles. The molecule has 9 heteroatoms.